The van der Waals surface area contributed by atoms with Gasteiger partial charge >= 0.3 is 6.18 Å². The lowest BCUT2D eigenvalue weighted by atomic mass is 9.76. The molecular formula is C24H28F4N2O. The van der Waals surface area contributed by atoms with Crippen LogP contribution in [-0.2, 0) is 10.9 Å². The molecule has 0 unspecified atom stereocenters. The van der Waals surface area contributed by atoms with Crippen LogP contribution in [0.3, 0.4) is 0 Å². The Morgan fingerprint density at radius 2 is 1.74 bits per heavy atom. The summed E-state index contributed by atoms with van der Waals surface area (Å²) in [5.74, 6) is -0.347. The minimum Gasteiger partial charge on any atom is -0.378 e. The molecule has 0 saturated carbocycles. The highest BCUT2D eigenvalue weighted by atomic mass is 19.4. The van der Waals surface area contributed by atoms with Gasteiger partial charge in [0.15, 0.2) is 0 Å². The predicted octanol–water partition coefficient (Wildman–Crippen LogP) is 6.19. The van der Waals surface area contributed by atoms with E-state index in [2.05, 4.69) is 24.1 Å². The van der Waals surface area contributed by atoms with Crippen LogP contribution in [0.4, 0.5) is 23.2 Å². The molecular weight excluding hydrogens is 408 g/mol. The van der Waals surface area contributed by atoms with Gasteiger partial charge in [-0.15, -0.1) is 0 Å². The zero-order valence-electron chi connectivity index (χ0n) is 17.8. The molecule has 1 fully saturated rings. The molecule has 2 heterocycles. The van der Waals surface area contributed by atoms with E-state index in [4.69, 9.17) is 4.74 Å². The number of anilines is 1. The van der Waals surface area contributed by atoms with Gasteiger partial charge in [-0.3, -0.25) is 0 Å². The Hall–Kier alpha value is -2.12. The predicted molar refractivity (Wildman–Crippen MR) is 112 cm³/mol. The summed E-state index contributed by atoms with van der Waals surface area (Å²) in [4.78, 5) is 2.27. The molecule has 2 aliphatic rings. The van der Waals surface area contributed by atoms with Crippen molar-refractivity contribution in [2.75, 3.05) is 25.0 Å². The van der Waals surface area contributed by atoms with Gasteiger partial charge in [-0.25, -0.2) is 4.39 Å². The molecule has 0 aromatic heterocycles. The van der Waals surface area contributed by atoms with Gasteiger partial charge in [0.1, 0.15) is 5.82 Å². The molecule has 4 rings (SSSR count). The monoisotopic (exact) mass is 436 g/mol. The Morgan fingerprint density at radius 3 is 2.39 bits per heavy atom. The molecule has 2 aromatic carbocycles. The standard InChI is InChI=1S/C24H28F4N2O/c1-3-30(4-2)14-18-10-11-19-22(15-5-8-17(25)9-6-15)29-21-12-7-16(24(26,27)28)13-20(21)23(19)31-18/h5-9,12-13,18-19,22-23,29H,3-4,10-11,14H2,1-2H3/t18-,19+,22+,23+/m1/s1. The van der Waals surface area contributed by atoms with Gasteiger partial charge < -0.3 is 15.0 Å². The van der Waals surface area contributed by atoms with Crippen LogP contribution in [0.2, 0.25) is 0 Å². The maximum atomic E-state index is 13.5. The minimum atomic E-state index is -4.41. The second-order valence-electron chi connectivity index (χ2n) is 8.38. The van der Waals surface area contributed by atoms with Gasteiger partial charge in [-0.1, -0.05) is 26.0 Å². The smallest absolute Gasteiger partial charge is 0.378 e. The lowest BCUT2D eigenvalue weighted by Crippen LogP contribution is -2.43. The Morgan fingerprint density at radius 1 is 1.03 bits per heavy atom. The third kappa shape index (κ3) is 4.58. The molecule has 3 nitrogen and oxygen atoms in total. The lowest BCUT2D eigenvalue weighted by molar-refractivity contribution is -0.138. The first-order valence-corrected chi connectivity index (χ1v) is 10.9. The number of rotatable bonds is 5. The quantitative estimate of drug-likeness (QED) is 0.566. The number of benzene rings is 2. The highest BCUT2D eigenvalue weighted by Crippen LogP contribution is 2.51. The van der Waals surface area contributed by atoms with Crippen molar-refractivity contribution in [1.82, 2.24) is 4.90 Å². The van der Waals surface area contributed by atoms with E-state index in [1.165, 1.54) is 24.3 Å². The van der Waals surface area contributed by atoms with Gasteiger partial charge in [-0.05, 0) is 61.8 Å². The van der Waals surface area contributed by atoms with E-state index in [-0.39, 0.29) is 23.9 Å². The number of ether oxygens (including phenoxy) is 1. The molecule has 7 heteroatoms. The van der Waals surface area contributed by atoms with E-state index >= 15 is 0 Å². The summed E-state index contributed by atoms with van der Waals surface area (Å²) in [6, 6.07) is 9.97. The second kappa shape index (κ2) is 8.79. The first-order chi connectivity index (χ1) is 14.8. The molecule has 0 spiro atoms. The Kier molecular flexibility index (Phi) is 6.26. The summed E-state index contributed by atoms with van der Waals surface area (Å²) in [5.41, 5.74) is 1.45. The van der Waals surface area contributed by atoms with E-state index in [0.717, 1.165) is 44.1 Å². The zero-order valence-corrected chi connectivity index (χ0v) is 17.8. The van der Waals surface area contributed by atoms with Gasteiger partial charge in [0.05, 0.1) is 23.8 Å². The highest BCUT2D eigenvalue weighted by molar-refractivity contribution is 5.58. The zero-order chi connectivity index (χ0) is 22.2. The summed E-state index contributed by atoms with van der Waals surface area (Å²) in [6.07, 6.45) is -3.22. The molecule has 2 aromatic rings. The maximum absolute atomic E-state index is 13.5. The third-order valence-corrected chi connectivity index (χ3v) is 6.56. The Labute approximate surface area is 180 Å². The number of nitrogens with one attached hydrogen (secondary N) is 1. The molecule has 1 N–H and O–H groups in total. The van der Waals surface area contributed by atoms with E-state index in [1.54, 1.807) is 12.1 Å². The van der Waals surface area contributed by atoms with Crippen LogP contribution in [0.5, 0.6) is 0 Å². The van der Waals surface area contributed by atoms with Crippen LogP contribution in [0, 0.1) is 11.7 Å². The molecule has 168 valence electrons. The van der Waals surface area contributed by atoms with Crippen LogP contribution < -0.4 is 5.32 Å². The Balaban J connectivity index is 1.70. The van der Waals surface area contributed by atoms with Crippen molar-refractivity contribution in [2.45, 2.75) is 51.1 Å². The topological polar surface area (TPSA) is 24.5 Å². The van der Waals surface area contributed by atoms with Crippen molar-refractivity contribution in [3.05, 3.63) is 65.0 Å². The van der Waals surface area contributed by atoms with Gasteiger partial charge in [-0.2, -0.15) is 13.2 Å². The number of alkyl halides is 3. The molecule has 1 saturated heterocycles. The van der Waals surface area contributed by atoms with Crippen molar-refractivity contribution >= 4 is 5.69 Å². The van der Waals surface area contributed by atoms with Crippen LogP contribution in [0.25, 0.3) is 0 Å². The Bertz CT molecular complexity index is 895. The highest BCUT2D eigenvalue weighted by Gasteiger charge is 2.43. The number of halogens is 4. The fourth-order valence-corrected chi connectivity index (χ4v) is 4.84. The molecule has 0 amide bonds. The largest absolute Gasteiger partial charge is 0.416 e. The van der Waals surface area contributed by atoms with Crippen LogP contribution in [0.1, 0.15) is 55.5 Å². The average molecular weight is 436 g/mol. The second-order valence-corrected chi connectivity index (χ2v) is 8.38. The molecule has 0 bridgehead atoms. The van der Waals surface area contributed by atoms with Crippen LogP contribution >= 0.6 is 0 Å². The molecule has 31 heavy (non-hydrogen) atoms. The number of fused-ring (bicyclic) bond motifs is 3. The third-order valence-electron chi connectivity index (χ3n) is 6.56. The fraction of sp³-hybridized carbons (Fsp3) is 0.500. The summed E-state index contributed by atoms with van der Waals surface area (Å²) in [5, 5.41) is 3.41. The molecule has 2 aliphatic heterocycles. The first-order valence-electron chi connectivity index (χ1n) is 10.9. The minimum absolute atomic E-state index is 0.0319. The van der Waals surface area contributed by atoms with Crippen molar-refractivity contribution in [1.29, 1.82) is 0 Å². The molecule has 4 atom stereocenters. The number of hydrogen-bond donors (Lipinski definition) is 1. The van der Waals surface area contributed by atoms with Crippen molar-refractivity contribution < 1.29 is 22.3 Å². The number of nitrogens with zero attached hydrogens (tertiary/aromatic N) is 1. The van der Waals surface area contributed by atoms with Gasteiger partial charge in [0.25, 0.3) is 0 Å². The van der Waals surface area contributed by atoms with E-state index in [9.17, 15) is 17.6 Å². The normalized spacial score (nSPS) is 25.6. The summed E-state index contributed by atoms with van der Waals surface area (Å²) in [6.45, 7) is 6.75. The van der Waals surface area contributed by atoms with Crippen LogP contribution in [-0.4, -0.2) is 30.6 Å². The van der Waals surface area contributed by atoms with E-state index < -0.39 is 17.8 Å². The molecule has 0 aliphatic carbocycles. The first kappa shape index (κ1) is 22.1. The molecule has 0 radical (unpaired) electrons. The van der Waals surface area contributed by atoms with Gasteiger partial charge in [0, 0.05) is 23.7 Å². The average Bonchev–Trinajstić information content (AvgIpc) is 2.76. The summed E-state index contributed by atoms with van der Waals surface area (Å²) in [7, 11) is 0. The lowest BCUT2D eigenvalue weighted by Gasteiger charge is -2.46. The van der Waals surface area contributed by atoms with Gasteiger partial charge in [0.2, 0.25) is 0 Å². The number of likely N-dealkylation sites (N-methyl/N-ethyl adjacent to an activating group) is 1. The number of hydrogen-bond acceptors (Lipinski definition) is 3. The fourth-order valence-electron chi connectivity index (χ4n) is 4.84. The van der Waals surface area contributed by atoms with Crippen molar-refractivity contribution in [3.63, 3.8) is 0 Å². The summed E-state index contributed by atoms with van der Waals surface area (Å²) < 4.78 is 60.1. The maximum Gasteiger partial charge on any atom is 0.416 e. The van der Waals surface area contributed by atoms with Crippen LogP contribution in [0.15, 0.2) is 42.5 Å². The van der Waals surface area contributed by atoms with E-state index in [0.29, 0.717) is 11.3 Å². The van der Waals surface area contributed by atoms with E-state index in [1.807, 2.05) is 0 Å². The van der Waals surface area contributed by atoms with Crippen molar-refractivity contribution in [3.8, 4) is 0 Å². The van der Waals surface area contributed by atoms with Crippen molar-refractivity contribution in [2.24, 2.45) is 5.92 Å². The SMILES string of the molecule is CCN(CC)C[C@H]1CC[C@@H]2[C@H](O1)c1cc(C(F)(F)F)ccc1N[C@H]2c1ccc(F)cc1. The summed E-state index contributed by atoms with van der Waals surface area (Å²) >= 11 is 0.